The highest BCUT2D eigenvalue weighted by atomic mass is 16.5. The van der Waals surface area contributed by atoms with Crippen LogP contribution in [0.1, 0.15) is 33.7 Å². The Morgan fingerprint density at radius 2 is 2.03 bits per heavy atom. The van der Waals surface area contributed by atoms with Crippen molar-refractivity contribution in [1.29, 1.82) is 5.41 Å². The molecule has 0 aliphatic carbocycles. The predicted octanol–water partition coefficient (Wildman–Crippen LogP) is 2.51. The molecule has 4 rings (SSSR count). The molecule has 1 atom stereocenters. The molecule has 1 saturated heterocycles. The van der Waals surface area contributed by atoms with Crippen LogP contribution in [-0.2, 0) is 17.6 Å². The minimum Gasteiger partial charge on any atom is -0.489 e. The van der Waals surface area contributed by atoms with E-state index < -0.39 is 11.8 Å². The molecule has 0 amide bonds. The number of ketones is 1. The number of carbonyl (C=O) groups excluding carboxylic acids is 1. The molecule has 2 heterocycles. The van der Waals surface area contributed by atoms with Crippen molar-refractivity contribution in [3.8, 4) is 5.75 Å². The number of aliphatic carboxylic acids is 1. The van der Waals surface area contributed by atoms with Crippen molar-refractivity contribution in [3.05, 3.63) is 64.9 Å². The number of aryl methyl sites for hydroxylation is 2. The fourth-order valence-corrected chi connectivity index (χ4v) is 3.74. The summed E-state index contributed by atoms with van der Waals surface area (Å²) in [5, 5.41) is 20.8. The Morgan fingerprint density at radius 3 is 2.74 bits per heavy atom. The summed E-state index contributed by atoms with van der Waals surface area (Å²) < 4.78 is 11.7. The van der Waals surface area contributed by atoms with Gasteiger partial charge in [0.05, 0.1) is 0 Å². The zero-order valence-electron chi connectivity index (χ0n) is 16.8. The smallest absolute Gasteiger partial charge is 0.377 e. The van der Waals surface area contributed by atoms with Gasteiger partial charge in [0, 0.05) is 29.5 Å². The molecule has 0 bridgehead atoms. The highest BCUT2D eigenvalue weighted by Crippen LogP contribution is 2.25. The highest BCUT2D eigenvalue weighted by Gasteiger charge is 2.22. The lowest BCUT2D eigenvalue weighted by Crippen LogP contribution is -2.20. The van der Waals surface area contributed by atoms with Gasteiger partial charge in [0.15, 0.2) is 0 Å². The number of ether oxygens (including phenoxy) is 1. The fraction of sp³-hybridized carbons (Fsp3) is 0.261. The zero-order valence-corrected chi connectivity index (χ0v) is 16.8. The first kappa shape index (κ1) is 20.6. The molecule has 0 saturated carbocycles. The van der Waals surface area contributed by atoms with Crippen molar-refractivity contribution in [1.82, 2.24) is 5.32 Å². The van der Waals surface area contributed by atoms with Crippen molar-refractivity contribution < 1.29 is 23.8 Å². The normalized spacial score (nSPS) is 15.8. The number of carboxylic acid groups (broad SMARTS) is 1. The first-order valence-corrected chi connectivity index (χ1v) is 10.1. The molecule has 31 heavy (non-hydrogen) atoms. The van der Waals surface area contributed by atoms with Gasteiger partial charge in [-0.3, -0.25) is 10.2 Å². The van der Waals surface area contributed by atoms with E-state index in [9.17, 15) is 14.7 Å². The summed E-state index contributed by atoms with van der Waals surface area (Å²) in [6.07, 6.45) is 1.78. The molecule has 0 unspecified atom stereocenters. The number of benzene rings is 2. The van der Waals surface area contributed by atoms with Crippen molar-refractivity contribution in [2.24, 2.45) is 5.73 Å². The molecule has 1 fully saturated rings. The quantitative estimate of drug-likeness (QED) is 0.190. The lowest BCUT2D eigenvalue weighted by atomic mass is 9.98. The summed E-state index contributed by atoms with van der Waals surface area (Å²) >= 11 is 0. The Bertz CT molecular complexity index is 1160. The molecular formula is C23H23N3O5. The number of carboxylic acids is 1. The third-order valence-electron chi connectivity index (χ3n) is 5.36. The van der Waals surface area contributed by atoms with Gasteiger partial charge in [-0.05, 0) is 61.3 Å². The zero-order chi connectivity index (χ0) is 22.0. The standard InChI is InChI=1S/C23H23N3O5/c24-22(25)14-3-6-20-15(9-14)10-16(31-20)4-1-13-2-5-17(30-18-7-8-26-12-18)11-19(13)21(27)23(28)29/h2-3,5-6,9-11,18,26H,1,4,7-8,12H2,(H3,24,25)(H,28,29)/t18-/m0/s1. The molecule has 1 aliphatic rings. The number of nitrogens with one attached hydrogen (secondary N) is 2. The van der Waals surface area contributed by atoms with Gasteiger partial charge >= 0.3 is 5.97 Å². The molecule has 5 N–H and O–H groups in total. The SMILES string of the molecule is N=C(N)c1ccc2oc(CCc3ccc(O[C@H]4CCNC4)cc3C(=O)C(=O)O)cc2c1. The number of hydrogen-bond acceptors (Lipinski definition) is 6. The molecule has 3 aromatic rings. The molecule has 8 nitrogen and oxygen atoms in total. The van der Waals surface area contributed by atoms with Crippen molar-refractivity contribution in [2.75, 3.05) is 13.1 Å². The number of furan rings is 1. The van der Waals surface area contributed by atoms with Crippen LogP contribution >= 0.6 is 0 Å². The van der Waals surface area contributed by atoms with Crippen LogP contribution in [0, 0.1) is 5.41 Å². The number of rotatable bonds is 8. The van der Waals surface area contributed by atoms with Gasteiger partial charge in [-0.25, -0.2) is 4.79 Å². The average molecular weight is 421 g/mol. The van der Waals surface area contributed by atoms with Gasteiger partial charge < -0.3 is 25.3 Å². The van der Waals surface area contributed by atoms with E-state index in [2.05, 4.69) is 5.32 Å². The molecule has 2 aromatic carbocycles. The summed E-state index contributed by atoms with van der Waals surface area (Å²) in [4.78, 5) is 23.6. The van der Waals surface area contributed by atoms with Crippen LogP contribution < -0.4 is 15.8 Å². The van der Waals surface area contributed by atoms with Crippen LogP contribution in [0.5, 0.6) is 5.75 Å². The van der Waals surface area contributed by atoms with Crippen LogP contribution in [0.25, 0.3) is 11.0 Å². The van der Waals surface area contributed by atoms with E-state index in [0.29, 0.717) is 41.1 Å². The lowest BCUT2D eigenvalue weighted by molar-refractivity contribution is -0.131. The van der Waals surface area contributed by atoms with Crippen LogP contribution in [-0.4, -0.2) is 41.9 Å². The minimum absolute atomic E-state index is 0.00840. The van der Waals surface area contributed by atoms with E-state index >= 15 is 0 Å². The van der Waals surface area contributed by atoms with Crippen molar-refractivity contribution in [3.63, 3.8) is 0 Å². The summed E-state index contributed by atoms with van der Waals surface area (Å²) in [5.74, 6) is -1.29. The van der Waals surface area contributed by atoms with Crippen molar-refractivity contribution in [2.45, 2.75) is 25.4 Å². The highest BCUT2D eigenvalue weighted by molar-refractivity contribution is 6.40. The maximum absolute atomic E-state index is 12.3. The van der Waals surface area contributed by atoms with E-state index in [-0.39, 0.29) is 17.5 Å². The number of hydrogen-bond donors (Lipinski definition) is 4. The molecule has 1 aliphatic heterocycles. The maximum atomic E-state index is 12.3. The third-order valence-corrected chi connectivity index (χ3v) is 5.36. The first-order chi connectivity index (χ1) is 14.9. The molecule has 8 heteroatoms. The second-order valence-corrected chi connectivity index (χ2v) is 7.56. The van der Waals surface area contributed by atoms with Crippen LogP contribution in [0.4, 0.5) is 0 Å². The number of amidine groups is 1. The molecule has 0 radical (unpaired) electrons. The summed E-state index contributed by atoms with van der Waals surface area (Å²) in [6.45, 7) is 1.59. The topological polar surface area (TPSA) is 139 Å². The third kappa shape index (κ3) is 4.59. The Morgan fingerprint density at radius 1 is 1.19 bits per heavy atom. The maximum Gasteiger partial charge on any atom is 0.377 e. The number of nitrogens with two attached hydrogens (primary N) is 1. The van der Waals surface area contributed by atoms with E-state index in [1.54, 1.807) is 30.3 Å². The number of carbonyl (C=O) groups is 2. The molecule has 1 aromatic heterocycles. The summed E-state index contributed by atoms with van der Waals surface area (Å²) in [6, 6.07) is 12.2. The van der Waals surface area contributed by atoms with E-state index in [1.807, 2.05) is 6.07 Å². The van der Waals surface area contributed by atoms with Gasteiger partial charge in [0.1, 0.15) is 29.0 Å². The van der Waals surface area contributed by atoms with Gasteiger partial charge in [0.2, 0.25) is 0 Å². The predicted molar refractivity (Wildman–Crippen MR) is 115 cm³/mol. The van der Waals surface area contributed by atoms with Crippen molar-refractivity contribution >= 4 is 28.6 Å². The number of fused-ring (bicyclic) bond motifs is 1. The largest absolute Gasteiger partial charge is 0.489 e. The second kappa shape index (κ2) is 8.61. The lowest BCUT2D eigenvalue weighted by Gasteiger charge is -2.14. The van der Waals surface area contributed by atoms with Crippen LogP contribution in [0.2, 0.25) is 0 Å². The minimum atomic E-state index is -1.50. The van der Waals surface area contributed by atoms with Crippen LogP contribution in [0.3, 0.4) is 0 Å². The van der Waals surface area contributed by atoms with E-state index in [0.717, 1.165) is 24.9 Å². The molecule has 160 valence electrons. The van der Waals surface area contributed by atoms with E-state index in [4.69, 9.17) is 20.3 Å². The average Bonchev–Trinajstić information content (AvgIpc) is 3.40. The number of nitrogen functional groups attached to an aromatic ring is 1. The Kier molecular flexibility index (Phi) is 5.73. The van der Waals surface area contributed by atoms with Gasteiger partial charge in [-0.1, -0.05) is 6.07 Å². The Hall–Kier alpha value is -3.65. The first-order valence-electron chi connectivity index (χ1n) is 10.1. The molecule has 0 spiro atoms. The fourth-order valence-electron chi connectivity index (χ4n) is 3.74. The monoisotopic (exact) mass is 421 g/mol. The van der Waals surface area contributed by atoms with E-state index in [1.165, 1.54) is 6.07 Å². The second-order valence-electron chi connectivity index (χ2n) is 7.56. The van der Waals surface area contributed by atoms with Gasteiger partial charge in [0.25, 0.3) is 5.78 Å². The Balaban J connectivity index is 1.55. The molecular weight excluding hydrogens is 398 g/mol. The Labute approximate surface area is 178 Å². The number of Topliss-reactive ketones (excluding diaryl/α,β-unsaturated/α-hetero) is 1. The van der Waals surface area contributed by atoms with Gasteiger partial charge in [-0.2, -0.15) is 0 Å². The van der Waals surface area contributed by atoms with Gasteiger partial charge in [-0.15, -0.1) is 0 Å². The van der Waals surface area contributed by atoms with Crippen LogP contribution in [0.15, 0.2) is 46.9 Å². The summed E-state index contributed by atoms with van der Waals surface area (Å²) in [7, 11) is 0. The summed E-state index contributed by atoms with van der Waals surface area (Å²) in [5.41, 5.74) is 7.58.